The minimum absolute atomic E-state index is 0.241. The van der Waals surface area contributed by atoms with E-state index in [1.54, 1.807) is 6.33 Å². The molecule has 2 N–H and O–H groups in total. The van der Waals surface area contributed by atoms with Gasteiger partial charge in [-0.25, -0.2) is 4.98 Å². The molecule has 4 rings (SSSR count). The van der Waals surface area contributed by atoms with Gasteiger partial charge < -0.3 is 15.0 Å². The summed E-state index contributed by atoms with van der Waals surface area (Å²) in [7, 11) is 0. The van der Waals surface area contributed by atoms with E-state index in [0.717, 1.165) is 43.3 Å². The number of fused-ring (bicyclic) bond motifs is 1. The molecule has 0 spiro atoms. The predicted octanol–water partition coefficient (Wildman–Crippen LogP) is 1.05. The summed E-state index contributed by atoms with van der Waals surface area (Å²) in [6, 6.07) is 6.56. The Kier molecular flexibility index (Phi) is 1.87. The van der Waals surface area contributed by atoms with E-state index in [-0.39, 0.29) is 5.41 Å². The van der Waals surface area contributed by atoms with Gasteiger partial charge >= 0.3 is 0 Å². The minimum atomic E-state index is 0.241. The predicted molar refractivity (Wildman–Crippen MR) is 65.0 cm³/mol. The molecule has 1 aromatic heterocycles. The summed E-state index contributed by atoms with van der Waals surface area (Å²) in [6.07, 6.45) is 1.75. The smallest absolute Gasteiger partial charge is 0.0931 e. The topological polar surface area (TPSA) is 49.9 Å². The Labute approximate surface area is 99.4 Å². The summed E-state index contributed by atoms with van der Waals surface area (Å²) >= 11 is 0. The van der Waals surface area contributed by atoms with Crippen LogP contribution in [0.4, 0.5) is 0 Å². The van der Waals surface area contributed by atoms with Crippen LogP contribution < -0.4 is 5.32 Å². The maximum Gasteiger partial charge on any atom is 0.0931 e. The van der Waals surface area contributed by atoms with Crippen molar-refractivity contribution in [3.63, 3.8) is 0 Å². The molecular formula is C13H15N3O. The fourth-order valence-corrected chi connectivity index (χ4v) is 2.88. The second-order valence-corrected chi connectivity index (χ2v) is 5.14. The summed E-state index contributed by atoms with van der Waals surface area (Å²) in [6.45, 7) is 3.95. The molecule has 2 fully saturated rings. The Hall–Kier alpha value is -1.39. The third kappa shape index (κ3) is 1.22. The van der Waals surface area contributed by atoms with Crippen LogP contribution in [0.15, 0.2) is 24.5 Å². The summed E-state index contributed by atoms with van der Waals surface area (Å²) in [4.78, 5) is 7.45. The number of nitrogens with one attached hydrogen (secondary N) is 2. The monoisotopic (exact) mass is 229 g/mol. The lowest BCUT2D eigenvalue weighted by Gasteiger charge is -2.51. The number of imidazole rings is 1. The molecule has 0 unspecified atom stereocenters. The molecule has 0 bridgehead atoms. The van der Waals surface area contributed by atoms with Crippen molar-refractivity contribution in [1.29, 1.82) is 0 Å². The Bertz CT molecular complexity index is 555. The second-order valence-electron chi connectivity index (χ2n) is 5.14. The number of hydrogen-bond donors (Lipinski definition) is 2. The van der Waals surface area contributed by atoms with Crippen LogP contribution in [0.1, 0.15) is 5.56 Å². The summed E-state index contributed by atoms with van der Waals surface area (Å²) in [5.74, 6) is 0.719. The first kappa shape index (κ1) is 9.62. The first-order valence-corrected chi connectivity index (χ1v) is 6.11. The van der Waals surface area contributed by atoms with Crippen molar-refractivity contribution in [2.75, 3.05) is 26.3 Å². The number of ether oxygens (including phenoxy) is 1. The molecule has 0 amide bonds. The quantitative estimate of drug-likeness (QED) is 0.809. The van der Waals surface area contributed by atoms with E-state index >= 15 is 0 Å². The highest BCUT2D eigenvalue weighted by molar-refractivity contribution is 5.75. The number of benzene rings is 1. The van der Waals surface area contributed by atoms with Crippen LogP contribution in [0.25, 0.3) is 11.0 Å². The average molecular weight is 229 g/mol. The number of nitrogens with zero attached hydrogens (tertiary/aromatic N) is 1. The molecule has 0 saturated carbocycles. The van der Waals surface area contributed by atoms with Gasteiger partial charge in [0.05, 0.1) is 30.6 Å². The highest BCUT2D eigenvalue weighted by Crippen LogP contribution is 2.41. The van der Waals surface area contributed by atoms with Crippen molar-refractivity contribution in [3.05, 3.63) is 30.1 Å². The number of aromatic nitrogens is 2. The molecule has 2 aliphatic heterocycles. The van der Waals surface area contributed by atoms with E-state index in [1.807, 2.05) is 0 Å². The number of H-pyrrole nitrogens is 1. The molecule has 1 aromatic carbocycles. The third-order valence-corrected chi connectivity index (χ3v) is 4.28. The molecule has 4 heteroatoms. The van der Waals surface area contributed by atoms with Gasteiger partial charge in [0.25, 0.3) is 0 Å². The molecule has 4 nitrogen and oxygen atoms in total. The van der Waals surface area contributed by atoms with Crippen molar-refractivity contribution in [1.82, 2.24) is 15.3 Å². The molecule has 0 radical (unpaired) electrons. The summed E-state index contributed by atoms with van der Waals surface area (Å²) < 4.78 is 5.49. The molecule has 17 heavy (non-hydrogen) atoms. The van der Waals surface area contributed by atoms with Crippen molar-refractivity contribution in [3.8, 4) is 0 Å². The molecule has 2 aliphatic rings. The lowest BCUT2D eigenvalue weighted by molar-refractivity contribution is -0.101. The normalized spacial score (nSPS) is 23.3. The van der Waals surface area contributed by atoms with Crippen LogP contribution in [-0.2, 0) is 10.2 Å². The first-order valence-electron chi connectivity index (χ1n) is 6.11. The highest BCUT2D eigenvalue weighted by atomic mass is 16.5. The van der Waals surface area contributed by atoms with Gasteiger partial charge in [-0.1, -0.05) is 6.07 Å². The Balaban J connectivity index is 1.80. The third-order valence-electron chi connectivity index (χ3n) is 4.28. The molecule has 0 aliphatic carbocycles. The van der Waals surface area contributed by atoms with Crippen LogP contribution in [0.2, 0.25) is 0 Å². The zero-order valence-electron chi connectivity index (χ0n) is 9.57. The lowest BCUT2D eigenvalue weighted by atomic mass is 9.66. The number of aromatic amines is 1. The van der Waals surface area contributed by atoms with Gasteiger partial charge in [-0.3, -0.25) is 0 Å². The molecular weight excluding hydrogens is 214 g/mol. The highest BCUT2D eigenvalue weighted by Gasteiger charge is 2.49. The van der Waals surface area contributed by atoms with E-state index < -0.39 is 0 Å². The van der Waals surface area contributed by atoms with Crippen molar-refractivity contribution < 1.29 is 4.74 Å². The SMILES string of the molecule is c1nc2ccc(C3(C4CNC4)COC3)cc2[nH]1. The van der Waals surface area contributed by atoms with E-state index in [0.29, 0.717) is 0 Å². The molecule has 2 saturated heterocycles. The van der Waals surface area contributed by atoms with E-state index in [9.17, 15) is 0 Å². The van der Waals surface area contributed by atoms with Gasteiger partial charge in [0.1, 0.15) is 0 Å². The van der Waals surface area contributed by atoms with Crippen LogP contribution >= 0.6 is 0 Å². The van der Waals surface area contributed by atoms with Crippen molar-refractivity contribution in [2.45, 2.75) is 5.41 Å². The number of hydrogen-bond acceptors (Lipinski definition) is 3. The van der Waals surface area contributed by atoms with Crippen LogP contribution in [-0.4, -0.2) is 36.3 Å². The standard InChI is InChI=1S/C13H15N3O/c1-2-11-12(16-8-15-11)3-9(1)13(6-17-7-13)10-4-14-5-10/h1-3,8,10,14H,4-7H2,(H,15,16). The van der Waals surface area contributed by atoms with Gasteiger partial charge in [-0.2, -0.15) is 0 Å². The number of rotatable bonds is 2. The van der Waals surface area contributed by atoms with Gasteiger partial charge in [-0.15, -0.1) is 0 Å². The summed E-state index contributed by atoms with van der Waals surface area (Å²) in [5.41, 5.74) is 3.80. The van der Waals surface area contributed by atoms with Crippen molar-refractivity contribution >= 4 is 11.0 Å². The van der Waals surface area contributed by atoms with E-state index in [1.165, 1.54) is 5.56 Å². The average Bonchev–Trinajstić information content (AvgIpc) is 2.67. The largest absolute Gasteiger partial charge is 0.379 e. The summed E-state index contributed by atoms with van der Waals surface area (Å²) in [5, 5.41) is 3.36. The fraction of sp³-hybridized carbons (Fsp3) is 0.462. The second kappa shape index (κ2) is 3.31. The van der Waals surface area contributed by atoms with Crippen LogP contribution in [0.5, 0.6) is 0 Å². The zero-order valence-corrected chi connectivity index (χ0v) is 9.57. The van der Waals surface area contributed by atoms with E-state index in [2.05, 4.69) is 33.5 Å². The Morgan fingerprint density at radius 1 is 1.29 bits per heavy atom. The molecule has 0 atom stereocenters. The van der Waals surface area contributed by atoms with Crippen LogP contribution in [0.3, 0.4) is 0 Å². The molecule has 88 valence electrons. The van der Waals surface area contributed by atoms with Crippen molar-refractivity contribution in [2.24, 2.45) is 5.92 Å². The van der Waals surface area contributed by atoms with E-state index in [4.69, 9.17) is 4.74 Å². The van der Waals surface area contributed by atoms with Gasteiger partial charge in [-0.05, 0) is 23.6 Å². The fourth-order valence-electron chi connectivity index (χ4n) is 2.88. The minimum Gasteiger partial charge on any atom is -0.379 e. The molecule has 3 heterocycles. The van der Waals surface area contributed by atoms with Gasteiger partial charge in [0.2, 0.25) is 0 Å². The maximum atomic E-state index is 5.49. The van der Waals surface area contributed by atoms with Crippen LogP contribution in [0, 0.1) is 5.92 Å². The Morgan fingerprint density at radius 3 is 2.82 bits per heavy atom. The lowest BCUT2D eigenvalue weighted by Crippen LogP contribution is -2.62. The van der Waals surface area contributed by atoms with Gasteiger partial charge in [0.15, 0.2) is 0 Å². The zero-order chi connectivity index (χ0) is 11.3. The van der Waals surface area contributed by atoms with Gasteiger partial charge in [0, 0.05) is 18.5 Å². The maximum absolute atomic E-state index is 5.49. The Morgan fingerprint density at radius 2 is 2.18 bits per heavy atom. The first-order chi connectivity index (χ1) is 8.38. The molecule has 2 aromatic rings.